The van der Waals surface area contributed by atoms with E-state index in [1.165, 1.54) is 0 Å². The Kier molecular flexibility index (Phi) is 3.86. The van der Waals surface area contributed by atoms with Gasteiger partial charge in [-0.1, -0.05) is 48.5 Å². The topological polar surface area (TPSA) is 55.5 Å². The predicted octanol–water partition coefficient (Wildman–Crippen LogP) is 3.84. The molecule has 2 aromatic carbocycles. The molecule has 0 unspecified atom stereocenters. The summed E-state index contributed by atoms with van der Waals surface area (Å²) in [6.07, 6.45) is 2.03. The number of para-hydroxylation sites is 1. The molecule has 5 rings (SSSR count). The molecule has 1 aliphatic heterocycles. The van der Waals surface area contributed by atoms with E-state index in [9.17, 15) is 9.59 Å². The summed E-state index contributed by atoms with van der Waals surface area (Å²) in [5, 5.41) is 0.738. The van der Waals surface area contributed by atoms with Gasteiger partial charge < -0.3 is 13.9 Å². The molecule has 5 heteroatoms. The van der Waals surface area contributed by atoms with E-state index in [0.717, 1.165) is 16.6 Å². The maximum absolute atomic E-state index is 13.4. The molecule has 138 valence electrons. The van der Waals surface area contributed by atoms with Crippen molar-refractivity contribution < 1.29 is 9.21 Å². The van der Waals surface area contributed by atoms with E-state index in [2.05, 4.69) is 4.57 Å². The summed E-state index contributed by atoms with van der Waals surface area (Å²) in [6, 6.07) is 22.5. The van der Waals surface area contributed by atoms with Gasteiger partial charge in [0.15, 0.2) is 0 Å². The van der Waals surface area contributed by atoms with E-state index >= 15 is 0 Å². The van der Waals surface area contributed by atoms with E-state index < -0.39 is 5.63 Å². The van der Waals surface area contributed by atoms with Crippen LogP contribution in [0.2, 0.25) is 0 Å². The van der Waals surface area contributed by atoms with Crippen LogP contribution < -0.4 is 5.63 Å². The second kappa shape index (κ2) is 6.53. The summed E-state index contributed by atoms with van der Waals surface area (Å²) in [7, 11) is 0. The molecule has 1 atom stereocenters. The third-order valence-corrected chi connectivity index (χ3v) is 5.29. The first-order chi connectivity index (χ1) is 13.7. The highest BCUT2D eigenvalue weighted by atomic mass is 16.4. The van der Waals surface area contributed by atoms with Crippen LogP contribution in [0.1, 0.15) is 27.7 Å². The molecular weight excluding hydrogens is 352 g/mol. The smallest absolute Gasteiger partial charge is 0.349 e. The van der Waals surface area contributed by atoms with E-state index in [0.29, 0.717) is 18.7 Å². The molecule has 28 heavy (non-hydrogen) atoms. The van der Waals surface area contributed by atoms with Gasteiger partial charge >= 0.3 is 5.63 Å². The number of fused-ring (bicyclic) bond motifs is 2. The van der Waals surface area contributed by atoms with Gasteiger partial charge in [-0.2, -0.15) is 0 Å². The van der Waals surface area contributed by atoms with Gasteiger partial charge in [0.05, 0.1) is 6.04 Å². The molecule has 0 saturated carbocycles. The Balaban J connectivity index is 1.62. The zero-order valence-electron chi connectivity index (χ0n) is 15.1. The minimum absolute atomic E-state index is 0.0691. The zero-order chi connectivity index (χ0) is 19.1. The molecule has 0 aliphatic carbocycles. The van der Waals surface area contributed by atoms with E-state index in [4.69, 9.17) is 4.42 Å². The van der Waals surface area contributed by atoms with Crippen LogP contribution in [0.3, 0.4) is 0 Å². The molecule has 0 spiro atoms. The third-order valence-electron chi connectivity index (χ3n) is 5.29. The second-order valence-electron chi connectivity index (χ2n) is 6.92. The molecule has 4 aromatic rings. The van der Waals surface area contributed by atoms with Crippen molar-refractivity contribution in [2.24, 2.45) is 0 Å². The predicted molar refractivity (Wildman–Crippen MR) is 106 cm³/mol. The van der Waals surface area contributed by atoms with Crippen molar-refractivity contribution in [3.8, 4) is 0 Å². The van der Waals surface area contributed by atoms with E-state index in [1.54, 1.807) is 23.1 Å². The Bertz CT molecular complexity index is 1220. The summed E-state index contributed by atoms with van der Waals surface area (Å²) >= 11 is 0. The monoisotopic (exact) mass is 370 g/mol. The van der Waals surface area contributed by atoms with Gasteiger partial charge in [-0.3, -0.25) is 4.79 Å². The van der Waals surface area contributed by atoms with Gasteiger partial charge in [0.2, 0.25) is 0 Å². The van der Waals surface area contributed by atoms with Crippen LogP contribution in [-0.2, 0) is 6.54 Å². The Morgan fingerprint density at radius 2 is 1.71 bits per heavy atom. The number of nitrogens with zero attached hydrogens (tertiary/aromatic N) is 2. The van der Waals surface area contributed by atoms with Crippen LogP contribution >= 0.6 is 0 Å². The highest BCUT2D eigenvalue weighted by molar-refractivity contribution is 5.97. The van der Waals surface area contributed by atoms with Crippen molar-refractivity contribution in [2.75, 3.05) is 6.54 Å². The first-order valence-corrected chi connectivity index (χ1v) is 9.26. The average Bonchev–Trinajstić information content (AvgIpc) is 3.21. The van der Waals surface area contributed by atoms with Crippen LogP contribution in [-0.4, -0.2) is 21.9 Å². The normalized spacial score (nSPS) is 16.1. The molecule has 0 saturated heterocycles. The van der Waals surface area contributed by atoms with Crippen molar-refractivity contribution in [1.82, 2.24) is 9.47 Å². The van der Waals surface area contributed by atoms with Crippen molar-refractivity contribution in [2.45, 2.75) is 12.6 Å². The number of rotatable bonds is 2. The van der Waals surface area contributed by atoms with Crippen LogP contribution in [0.25, 0.3) is 11.0 Å². The molecule has 2 aromatic heterocycles. The first kappa shape index (κ1) is 16.6. The van der Waals surface area contributed by atoms with Crippen molar-refractivity contribution in [3.63, 3.8) is 0 Å². The van der Waals surface area contributed by atoms with Crippen LogP contribution in [0.15, 0.2) is 88.2 Å². The van der Waals surface area contributed by atoms with Gasteiger partial charge in [-0.25, -0.2) is 4.79 Å². The van der Waals surface area contributed by atoms with E-state index in [1.807, 2.05) is 60.8 Å². The maximum Gasteiger partial charge on any atom is 0.349 e. The Labute approximate surface area is 161 Å². The van der Waals surface area contributed by atoms with Crippen LogP contribution in [0.5, 0.6) is 0 Å². The molecule has 0 fully saturated rings. The summed E-state index contributed by atoms with van der Waals surface area (Å²) in [5.41, 5.74) is 2.00. The van der Waals surface area contributed by atoms with Gasteiger partial charge in [0, 0.05) is 30.4 Å². The maximum atomic E-state index is 13.4. The van der Waals surface area contributed by atoms with Crippen molar-refractivity contribution >= 4 is 16.9 Å². The van der Waals surface area contributed by atoms with Crippen LogP contribution in [0, 0.1) is 0 Å². The van der Waals surface area contributed by atoms with Crippen LogP contribution in [0.4, 0.5) is 0 Å². The molecular formula is C23H18N2O3. The minimum atomic E-state index is -0.600. The number of hydrogen-bond donors (Lipinski definition) is 0. The summed E-state index contributed by atoms with van der Waals surface area (Å²) in [6.45, 7) is 1.21. The quantitative estimate of drug-likeness (QED) is 0.504. The fourth-order valence-electron chi connectivity index (χ4n) is 3.95. The summed E-state index contributed by atoms with van der Waals surface area (Å²) in [5.74, 6) is -0.305. The molecule has 1 amide bonds. The molecule has 0 radical (unpaired) electrons. The fourth-order valence-corrected chi connectivity index (χ4v) is 3.95. The highest BCUT2D eigenvalue weighted by Crippen LogP contribution is 2.33. The highest BCUT2D eigenvalue weighted by Gasteiger charge is 2.33. The largest absolute Gasteiger partial charge is 0.422 e. The third kappa shape index (κ3) is 2.63. The average molecular weight is 370 g/mol. The molecule has 0 bridgehead atoms. The lowest BCUT2D eigenvalue weighted by atomic mass is 9.99. The number of amides is 1. The van der Waals surface area contributed by atoms with Gasteiger partial charge in [-0.05, 0) is 29.8 Å². The standard InChI is InChI=1S/C23H18N2O3/c26-22(18-15-17-9-4-5-11-20(17)28-23(18)27)25-14-13-24-12-6-10-19(24)21(25)16-7-2-1-3-8-16/h1-12,15,21H,13-14H2/t21-/m1/s1. The SMILES string of the molecule is O=C(c1cc2ccccc2oc1=O)N1CCn2cccc2[C@H]1c1ccccc1. The second-order valence-corrected chi connectivity index (χ2v) is 6.92. The van der Waals surface area contributed by atoms with Gasteiger partial charge in [0.1, 0.15) is 11.1 Å². The Hall–Kier alpha value is -3.60. The number of hydrogen-bond acceptors (Lipinski definition) is 3. The Morgan fingerprint density at radius 3 is 2.57 bits per heavy atom. The summed E-state index contributed by atoms with van der Waals surface area (Å²) in [4.78, 5) is 27.7. The molecule has 5 nitrogen and oxygen atoms in total. The van der Waals surface area contributed by atoms with Crippen molar-refractivity contribution in [3.05, 3.63) is 106 Å². The lowest BCUT2D eigenvalue weighted by molar-refractivity contribution is 0.0660. The lowest BCUT2D eigenvalue weighted by Crippen LogP contribution is -2.43. The molecule has 1 aliphatic rings. The van der Waals surface area contributed by atoms with Crippen molar-refractivity contribution in [1.29, 1.82) is 0 Å². The fraction of sp³-hybridized carbons (Fsp3) is 0.130. The lowest BCUT2D eigenvalue weighted by Gasteiger charge is -2.37. The van der Waals surface area contributed by atoms with Gasteiger partial charge in [0.25, 0.3) is 5.91 Å². The zero-order valence-corrected chi connectivity index (χ0v) is 15.1. The van der Waals surface area contributed by atoms with Gasteiger partial charge in [-0.15, -0.1) is 0 Å². The minimum Gasteiger partial charge on any atom is -0.422 e. The number of carbonyl (C=O) groups excluding carboxylic acids is 1. The summed E-state index contributed by atoms with van der Waals surface area (Å²) < 4.78 is 7.55. The molecule has 3 heterocycles. The first-order valence-electron chi connectivity index (χ1n) is 9.26. The molecule has 0 N–H and O–H groups in total. The number of carbonyl (C=O) groups is 1. The van der Waals surface area contributed by atoms with E-state index in [-0.39, 0.29) is 17.5 Å². The Morgan fingerprint density at radius 1 is 0.929 bits per heavy atom. The number of aromatic nitrogens is 1. The number of benzene rings is 2.